The highest BCUT2D eigenvalue weighted by atomic mass is 16.6. The maximum atomic E-state index is 12.2. The summed E-state index contributed by atoms with van der Waals surface area (Å²) in [5.41, 5.74) is -0.754. The molecule has 2 amide bonds. The number of carboxylic acids is 2. The molecule has 1 unspecified atom stereocenters. The van der Waals surface area contributed by atoms with Crippen LogP contribution in [0.5, 0.6) is 0 Å². The van der Waals surface area contributed by atoms with E-state index in [1.165, 1.54) is 0 Å². The first-order valence-electron chi connectivity index (χ1n) is 7.56. The summed E-state index contributed by atoms with van der Waals surface area (Å²) in [6.07, 6.45) is -1.33. The van der Waals surface area contributed by atoms with Gasteiger partial charge in [0.05, 0.1) is 6.42 Å². The van der Waals surface area contributed by atoms with Crippen LogP contribution in [0.25, 0.3) is 0 Å². The number of amides is 2. The van der Waals surface area contributed by atoms with Gasteiger partial charge in [0.2, 0.25) is 5.91 Å². The highest BCUT2D eigenvalue weighted by Gasteiger charge is 2.29. The third kappa shape index (κ3) is 9.65. The van der Waals surface area contributed by atoms with E-state index >= 15 is 0 Å². The molecule has 0 bridgehead atoms. The van der Waals surface area contributed by atoms with Crippen LogP contribution in [-0.2, 0) is 19.1 Å². The van der Waals surface area contributed by atoms with Gasteiger partial charge >= 0.3 is 18.0 Å². The summed E-state index contributed by atoms with van der Waals surface area (Å²) < 4.78 is 5.08. The van der Waals surface area contributed by atoms with Crippen molar-refractivity contribution in [1.29, 1.82) is 0 Å². The fourth-order valence-electron chi connectivity index (χ4n) is 1.80. The van der Waals surface area contributed by atoms with Gasteiger partial charge in [0.15, 0.2) is 0 Å². The summed E-state index contributed by atoms with van der Waals surface area (Å²) in [5, 5.41) is 22.2. The van der Waals surface area contributed by atoms with Gasteiger partial charge < -0.3 is 25.6 Å². The van der Waals surface area contributed by atoms with Gasteiger partial charge in [0.25, 0.3) is 0 Å². The van der Waals surface area contributed by atoms with Crippen molar-refractivity contribution in [2.75, 3.05) is 0 Å². The third-order valence-electron chi connectivity index (χ3n) is 2.71. The molecule has 0 aromatic rings. The molecule has 0 spiro atoms. The molecule has 0 aromatic heterocycles. The van der Waals surface area contributed by atoms with E-state index in [-0.39, 0.29) is 12.3 Å². The fourth-order valence-corrected chi connectivity index (χ4v) is 1.80. The number of nitrogens with one attached hydrogen (secondary N) is 2. The van der Waals surface area contributed by atoms with Crippen LogP contribution >= 0.6 is 0 Å². The van der Waals surface area contributed by atoms with Crippen LogP contribution in [0.4, 0.5) is 4.79 Å². The van der Waals surface area contributed by atoms with Crippen LogP contribution in [-0.4, -0.2) is 51.8 Å². The van der Waals surface area contributed by atoms with Crippen LogP contribution in [0.3, 0.4) is 0 Å². The lowest BCUT2D eigenvalue weighted by atomic mass is 10.0. The molecule has 4 N–H and O–H groups in total. The standard InChI is InChI=1S/C15H26N2O7/c1-8(2)6-9(17-14(23)24-15(3,4)5)12(20)16-10(13(21)22)7-11(18)19/h8-10H,6-7H2,1-5H3,(H,16,20)(H,17,23)(H,18,19)(H,21,22)/t9-,10?/m0/s1. The Labute approximate surface area is 140 Å². The van der Waals surface area contributed by atoms with Crippen molar-refractivity contribution in [2.24, 2.45) is 5.92 Å². The average molecular weight is 346 g/mol. The second kappa shape index (κ2) is 9.09. The van der Waals surface area contributed by atoms with Gasteiger partial charge in [-0.05, 0) is 33.1 Å². The van der Waals surface area contributed by atoms with Gasteiger partial charge in [-0.3, -0.25) is 9.59 Å². The smallest absolute Gasteiger partial charge is 0.408 e. The summed E-state index contributed by atoms with van der Waals surface area (Å²) >= 11 is 0. The average Bonchev–Trinajstić information content (AvgIpc) is 2.33. The Kier molecular flexibility index (Phi) is 8.21. The molecular formula is C15H26N2O7. The van der Waals surface area contributed by atoms with Crippen molar-refractivity contribution in [3.05, 3.63) is 0 Å². The van der Waals surface area contributed by atoms with Crippen LogP contribution in [0.15, 0.2) is 0 Å². The van der Waals surface area contributed by atoms with Crippen molar-refractivity contribution in [3.8, 4) is 0 Å². The van der Waals surface area contributed by atoms with E-state index in [9.17, 15) is 19.2 Å². The Morgan fingerprint density at radius 1 is 1.00 bits per heavy atom. The van der Waals surface area contributed by atoms with Gasteiger partial charge in [0.1, 0.15) is 17.7 Å². The molecule has 9 heteroatoms. The number of carbonyl (C=O) groups excluding carboxylic acids is 2. The lowest BCUT2D eigenvalue weighted by Crippen LogP contribution is -2.53. The summed E-state index contributed by atoms with van der Waals surface area (Å²) in [5.74, 6) is -3.57. The van der Waals surface area contributed by atoms with Crippen molar-refractivity contribution >= 4 is 23.9 Å². The summed E-state index contributed by atoms with van der Waals surface area (Å²) in [4.78, 5) is 45.8. The number of ether oxygens (including phenoxy) is 1. The second-order valence-corrected chi connectivity index (χ2v) is 6.83. The molecule has 0 saturated heterocycles. The van der Waals surface area contributed by atoms with Crippen LogP contribution in [0, 0.1) is 5.92 Å². The third-order valence-corrected chi connectivity index (χ3v) is 2.71. The second-order valence-electron chi connectivity index (χ2n) is 6.83. The van der Waals surface area contributed by atoms with E-state index < -0.39 is 48.0 Å². The zero-order valence-corrected chi connectivity index (χ0v) is 14.6. The fraction of sp³-hybridized carbons (Fsp3) is 0.733. The first-order chi connectivity index (χ1) is 10.8. The summed E-state index contributed by atoms with van der Waals surface area (Å²) in [6.45, 7) is 8.64. The maximum absolute atomic E-state index is 12.2. The minimum absolute atomic E-state index is 0.0263. The first kappa shape index (κ1) is 21.7. The van der Waals surface area contributed by atoms with E-state index in [2.05, 4.69) is 10.6 Å². The van der Waals surface area contributed by atoms with E-state index in [1.807, 2.05) is 13.8 Å². The topological polar surface area (TPSA) is 142 Å². The minimum atomic E-state index is -1.58. The lowest BCUT2D eigenvalue weighted by Gasteiger charge is -2.25. The molecule has 24 heavy (non-hydrogen) atoms. The monoisotopic (exact) mass is 346 g/mol. The molecule has 0 heterocycles. The van der Waals surface area contributed by atoms with Gasteiger partial charge in [-0.25, -0.2) is 9.59 Å². The molecule has 9 nitrogen and oxygen atoms in total. The molecule has 0 aromatic carbocycles. The molecule has 0 radical (unpaired) electrons. The molecule has 0 aliphatic heterocycles. The number of aliphatic carboxylic acids is 2. The molecule has 138 valence electrons. The zero-order chi connectivity index (χ0) is 19.1. The Bertz CT molecular complexity index is 483. The lowest BCUT2D eigenvalue weighted by molar-refractivity contribution is -0.147. The first-order valence-corrected chi connectivity index (χ1v) is 7.56. The number of rotatable bonds is 8. The molecule has 0 fully saturated rings. The number of hydrogen-bond donors (Lipinski definition) is 4. The molecule has 0 saturated carbocycles. The van der Waals surface area contributed by atoms with Crippen molar-refractivity contribution in [1.82, 2.24) is 10.6 Å². The summed E-state index contributed by atoms with van der Waals surface area (Å²) in [7, 11) is 0. The highest BCUT2D eigenvalue weighted by Crippen LogP contribution is 2.10. The number of carbonyl (C=O) groups is 4. The predicted octanol–water partition coefficient (Wildman–Crippen LogP) is 0.970. The molecule has 0 aliphatic rings. The van der Waals surface area contributed by atoms with Crippen molar-refractivity contribution < 1.29 is 34.1 Å². The number of carboxylic acid groups (broad SMARTS) is 2. The normalized spacial score (nSPS) is 13.8. The van der Waals surface area contributed by atoms with Gasteiger partial charge in [-0.1, -0.05) is 13.8 Å². The van der Waals surface area contributed by atoms with Crippen LogP contribution < -0.4 is 10.6 Å². The Balaban J connectivity index is 5.01. The van der Waals surface area contributed by atoms with E-state index in [4.69, 9.17) is 14.9 Å². The molecule has 0 rings (SSSR count). The summed E-state index contributed by atoms with van der Waals surface area (Å²) in [6, 6.07) is -2.61. The number of alkyl carbamates (subject to hydrolysis) is 1. The molecule has 0 aliphatic carbocycles. The van der Waals surface area contributed by atoms with Crippen LogP contribution in [0.1, 0.15) is 47.5 Å². The van der Waals surface area contributed by atoms with Crippen molar-refractivity contribution in [2.45, 2.75) is 65.1 Å². The quantitative estimate of drug-likeness (QED) is 0.513. The zero-order valence-electron chi connectivity index (χ0n) is 14.6. The minimum Gasteiger partial charge on any atom is -0.481 e. The van der Waals surface area contributed by atoms with Gasteiger partial charge in [-0.2, -0.15) is 0 Å². The maximum Gasteiger partial charge on any atom is 0.408 e. The Morgan fingerprint density at radius 3 is 1.92 bits per heavy atom. The van der Waals surface area contributed by atoms with Crippen LogP contribution in [0.2, 0.25) is 0 Å². The highest BCUT2D eigenvalue weighted by molar-refractivity contribution is 5.90. The molecule has 2 atom stereocenters. The van der Waals surface area contributed by atoms with Crippen molar-refractivity contribution in [3.63, 3.8) is 0 Å². The Hall–Kier alpha value is -2.32. The molecular weight excluding hydrogens is 320 g/mol. The largest absolute Gasteiger partial charge is 0.481 e. The van der Waals surface area contributed by atoms with E-state index in [0.29, 0.717) is 0 Å². The Morgan fingerprint density at radius 2 is 1.54 bits per heavy atom. The van der Waals surface area contributed by atoms with Gasteiger partial charge in [-0.15, -0.1) is 0 Å². The van der Waals surface area contributed by atoms with E-state index in [1.54, 1.807) is 20.8 Å². The SMILES string of the molecule is CC(C)C[C@H](NC(=O)OC(C)(C)C)C(=O)NC(CC(=O)O)C(=O)O. The predicted molar refractivity (Wildman–Crippen MR) is 84.4 cm³/mol. The number of hydrogen-bond acceptors (Lipinski definition) is 5. The van der Waals surface area contributed by atoms with Gasteiger partial charge in [0, 0.05) is 0 Å². The van der Waals surface area contributed by atoms with E-state index in [0.717, 1.165) is 0 Å².